The minimum atomic E-state index is -0.256. The van der Waals surface area contributed by atoms with E-state index < -0.39 is 0 Å². The molecule has 6 heteroatoms. The molecule has 2 heterocycles. The summed E-state index contributed by atoms with van der Waals surface area (Å²) in [4.78, 5) is 16.4. The number of benzene rings is 1. The van der Waals surface area contributed by atoms with E-state index in [1.807, 2.05) is 54.0 Å². The highest BCUT2D eigenvalue weighted by molar-refractivity contribution is 6.31. The van der Waals surface area contributed by atoms with Gasteiger partial charge in [-0.15, -0.1) is 0 Å². The van der Waals surface area contributed by atoms with Gasteiger partial charge in [-0.3, -0.25) is 0 Å². The van der Waals surface area contributed by atoms with Crippen LogP contribution in [0.4, 0.5) is 10.5 Å². The first kappa shape index (κ1) is 15.4. The first-order valence-corrected chi connectivity index (χ1v) is 7.73. The molecule has 0 aliphatic heterocycles. The van der Waals surface area contributed by atoms with Crippen LogP contribution in [0, 0.1) is 6.92 Å². The average molecular weight is 329 g/mol. The van der Waals surface area contributed by atoms with Crippen LogP contribution in [-0.2, 0) is 6.42 Å². The summed E-state index contributed by atoms with van der Waals surface area (Å²) in [6, 6.07) is 11.0. The van der Waals surface area contributed by atoms with Crippen molar-refractivity contribution >= 4 is 29.0 Å². The number of aryl methyl sites for hydroxylation is 1. The van der Waals surface area contributed by atoms with Crippen LogP contribution in [0.2, 0.25) is 5.02 Å². The van der Waals surface area contributed by atoms with E-state index in [4.69, 9.17) is 11.6 Å². The molecule has 0 saturated heterocycles. The third-order valence-electron chi connectivity index (χ3n) is 3.51. The molecule has 1 aromatic carbocycles. The molecule has 2 N–H and O–H groups in total. The molecule has 0 bridgehead atoms. The van der Waals surface area contributed by atoms with Gasteiger partial charge in [0.15, 0.2) is 0 Å². The molecule has 3 aromatic rings. The highest BCUT2D eigenvalue weighted by Gasteiger charge is 2.05. The lowest BCUT2D eigenvalue weighted by Crippen LogP contribution is -2.30. The number of hydrogen-bond acceptors (Lipinski definition) is 2. The van der Waals surface area contributed by atoms with Crippen molar-refractivity contribution in [3.63, 3.8) is 0 Å². The Morgan fingerprint density at radius 2 is 2.17 bits per heavy atom. The van der Waals surface area contributed by atoms with Crippen LogP contribution >= 0.6 is 11.6 Å². The number of amides is 2. The second kappa shape index (κ2) is 6.71. The van der Waals surface area contributed by atoms with E-state index in [2.05, 4.69) is 15.6 Å². The number of rotatable bonds is 4. The normalized spacial score (nSPS) is 10.7. The molecule has 5 nitrogen and oxygen atoms in total. The first-order valence-electron chi connectivity index (χ1n) is 7.35. The summed E-state index contributed by atoms with van der Waals surface area (Å²) in [5.41, 5.74) is 3.49. The van der Waals surface area contributed by atoms with Crippen LogP contribution in [-0.4, -0.2) is 22.0 Å². The quantitative estimate of drug-likeness (QED) is 0.768. The monoisotopic (exact) mass is 328 g/mol. The number of anilines is 1. The van der Waals surface area contributed by atoms with E-state index in [1.54, 1.807) is 6.07 Å². The SMILES string of the molecule is Cc1ccc(NC(=O)NCCc2cn3ccccc3n2)cc1Cl. The molecule has 3 rings (SSSR count). The lowest BCUT2D eigenvalue weighted by molar-refractivity contribution is 0.252. The molecule has 0 saturated carbocycles. The van der Waals surface area contributed by atoms with Gasteiger partial charge in [0.25, 0.3) is 0 Å². The van der Waals surface area contributed by atoms with Gasteiger partial charge in [0.2, 0.25) is 0 Å². The van der Waals surface area contributed by atoms with Gasteiger partial charge >= 0.3 is 6.03 Å². The van der Waals surface area contributed by atoms with Gasteiger partial charge in [0.1, 0.15) is 5.65 Å². The van der Waals surface area contributed by atoms with E-state index >= 15 is 0 Å². The molecule has 0 unspecified atom stereocenters. The standard InChI is InChI=1S/C17H17ClN4O/c1-12-5-6-13(10-15(12)18)21-17(23)19-8-7-14-11-22-9-3-2-4-16(22)20-14/h2-6,9-11H,7-8H2,1H3,(H2,19,21,23). The van der Waals surface area contributed by atoms with Gasteiger partial charge in [-0.2, -0.15) is 0 Å². The zero-order valence-corrected chi connectivity index (χ0v) is 13.5. The van der Waals surface area contributed by atoms with E-state index in [1.165, 1.54) is 0 Å². The Balaban J connectivity index is 1.51. The van der Waals surface area contributed by atoms with Gasteiger partial charge in [-0.25, -0.2) is 9.78 Å². The lowest BCUT2D eigenvalue weighted by atomic mass is 10.2. The van der Waals surface area contributed by atoms with Crippen LogP contribution < -0.4 is 10.6 Å². The van der Waals surface area contributed by atoms with Crippen molar-refractivity contribution in [2.24, 2.45) is 0 Å². The molecule has 0 aliphatic carbocycles. The highest BCUT2D eigenvalue weighted by Crippen LogP contribution is 2.19. The van der Waals surface area contributed by atoms with Crippen molar-refractivity contribution in [3.05, 3.63) is 65.1 Å². The molecule has 0 radical (unpaired) electrons. The fourth-order valence-electron chi connectivity index (χ4n) is 2.26. The number of urea groups is 1. The summed E-state index contributed by atoms with van der Waals surface area (Å²) < 4.78 is 1.96. The number of halogens is 1. The molecule has 0 atom stereocenters. The summed E-state index contributed by atoms with van der Waals surface area (Å²) in [5, 5.41) is 6.21. The van der Waals surface area contributed by atoms with Crippen LogP contribution in [0.3, 0.4) is 0 Å². The van der Waals surface area contributed by atoms with Crippen molar-refractivity contribution < 1.29 is 4.79 Å². The number of carbonyl (C=O) groups excluding carboxylic acids is 1. The van der Waals surface area contributed by atoms with Crippen LogP contribution in [0.15, 0.2) is 48.8 Å². The van der Waals surface area contributed by atoms with Crippen molar-refractivity contribution in [1.82, 2.24) is 14.7 Å². The summed E-state index contributed by atoms with van der Waals surface area (Å²) in [6.45, 7) is 2.43. The predicted molar refractivity (Wildman–Crippen MR) is 92.1 cm³/mol. The van der Waals surface area contributed by atoms with Gasteiger partial charge in [0, 0.05) is 36.1 Å². The van der Waals surface area contributed by atoms with Gasteiger partial charge in [-0.1, -0.05) is 23.7 Å². The Kier molecular flexibility index (Phi) is 4.48. The topological polar surface area (TPSA) is 58.4 Å². The third kappa shape index (κ3) is 3.81. The van der Waals surface area contributed by atoms with Crippen LogP contribution in [0.1, 0.15) is 11.3 Å². The smallest absolute Gasteiger partial charge is 0.319 e. The zero-order chi connectivity index (χ0) is 16.2. The number of imidazole rings is 1. The maximum Gasteiger partial charge on any atom is 0.319 e. The molecule has 2 amide bonds. The van der Waals surface area contributed by atoms with Crippen LogP contribution in [0.5, 0.6) is 0 Å². The molecule has 2 aromatic heterocycles. The third-order valence-corrected chi connectivity index (χ3v) is 3.92. The molecule has 0 fully saturated rings. The predicted octanol–water partition coefficient (Wildman–Crippen LogP) is 3.66. The first-order chi connectivity index (χ1) is 11.1. The van der Waals surface area contributed by atoms with Crippen LogP contribution in [0.25, 0.3) is 5.65 Å². The maximum absolute atomic E-state index is 11.9. The second-order valence-corrected chi connectivity index (χ2v) is 5.70. The van der Waals surface area contributed by atoms with Crippen molar-refractivity contribution in [2.45, 2.75) is 13.3 Å². The number of hydrogen-bond donors (Lipinski definition) is 2. The Labute approximate surface area is 139 Å². The Bertz CT molecular complexity index is 810. The minimum absolute atomic E-state index is 0.256. The summed E-state index contributed by atoms with van der Waals surface area (Å²) in [5.74, 6) is 0. The average Bonchev–Trinajstić information content (AvgIpc) is 2.93. The number of fused-ring (bicyclic) bond motifs is 1. The zero-order valence-electron chi connectivity index (χ0n) is 12.7. The highest BCUT2D eigenvalue weighted by atomic mass is 35.5. The molecular weight excluding hydrogens is 312 g/mol. The molecule has 0 aliphatic rings. The van der Waals surface area contributed by atoms with Crippen molar-refractivity contribution in [2.75, 3.05) is 11.9 Å². The van der Waals surface area contributed by atoms with E-state index in [-0.39, 0.29) is 6.03 Å². The Hall–Kier alpha value is -2.53. The van der Waals surface area contributed by atoms with E-state index in [0.29, 0.717) is 23.7 Å². The van der Waals surface area contributed by atoms with E-state index in [0.717, 1.165) is 16.9 Å². The fraction of sp³-hybridized carbons (Fsp3) is 0.176. The summed E-state index contributed by atoms with van der Waals surface area (Å²) in [6.07, 6.45) is 4.59. The number of pyridine rings is 1. The molecule has 118 valence electrons. The number of nitrogens with zero attached hydrogens (tertiary/aromatic N) is 2. The Morgan fingerprint density at radius 1 is 1.30 bits per heavy atom. The Morgan fingerprint density at radius 3 is 2.96 bits per heavy atom. The molecular formula is C17H17ClN4O. The molecule has 23 heavy (non-hydrogen) atoms. The van der Waals surface area contributed by atoms with E-state index in [9.17, 15) is 4.79 Å². The number of aromatic nitrogens is 2. The number of carbonyl (C=O) groups is 1. The fourth-order valence-corrected chi connectivity index (χ4v) is 2.44. The van der Waals surface area contributed by atoms with Crippen molar-refractivity contribution in [3.8, 4) is 0 Å². The summed E-state index contributed by atoms with van der Waals surface area (Å²) >= 11 is 6.04. The second-order valence-electron chi connectivity index (χ2n) is 5.29. The maximum atomic E-state index is 11.9. The molecule has 0 spiro atoms. The van der Waals surface area contributed by atoms with Crippen molar-refractivity contribution in [1.29, 1.82) is 0 Å². The van der Waals surface area contributed by atoms with Gasteiger partial charge < -0.3 is 15.0 Å². The largest absolute Gasteiger partial charge is 0.337 e. The number of nitrogens with one attached hydrogen (secondary N) is 2. The summed E-state index contributed by atoms with van der Waals surface area (Å²) in [7, 11) is 0. The van der Waals surface area contributed by atoms with Gasteiger partial charge in [-0.05, 0) is 36.8 Å². The van der Waals surface area contributed by atoms with Gasteiger partial charge in [0.05, 0.1) is 5.69 Å². The minimum Gasteiger partial charge on any atom is -0.337 e. The lowest BCUT2D eigenvalue weighted by Gasteiger charge is -2.08.